The Kier molecular flexibility index (Phi) is 5.41. The molecule has 0 bridgehead atoms. The summed E-state index contributed by atoms with van der Waals surface area (Å²) in [5, 5.41) is 19.7. The van der Waals surface area contributed by atoms with Crippen molar-refractivity contribution in [3.63, 3.8) is 0 Å². The normalized spacial score (nSPS) is 17.6. The maximum absolute atomic E-state index is 12.9. The molecule has 1 saturated carbocycles. The number of nitrogens with one attached hydrogen (secondary N) is 1. The van der Waals surface area contributed by atoms with Crippen LogP contribution in [0.5, 0.6) is 0 Å². The van der Waals surface area contributed by atoms with Crippen molar-refractivity contribution in [1.29, 1.82) is 0 Å². The summed E-state index contributed by atoms with van der Waals surface area (Å²) in [4.78, 5) is 17.0. The van der Waals surface area contributed by atoms with E-state index in [1.807, 2.05) is 24.3 Å². The lowest BCUT2D eigenvalue weighted by atomic mass is 10.0. The third-order valence-corrected chi connectivity index (χ3v) is 5.19. The number of rotatable bonds is 6. The van der Waals surface area contributed by atoms with Gasteiger partial charge in [-0.05, 0) is 49.1 Å². The van der Waals surface area contributed by atoms with E-state index in [1.54, 1.807) is 35.6 Å². The molecule has 2 N–H and O–H groups in total. The molecule has 4 rings (SSSR count). The summed E-state index contributed by atoms with van der Waals surface area (Å²) in [7, 11) is 0. The van der Waals surface area contributed by atoms with Gasteiger partial charge in [0, 0.05) is 22.4 Å². The summed E-state index contributed by atoms with van der Waals surface area (Å²) in [6.45, 7) is 0.283. The molecule has 2 aromatic rings. The van der Waals surface area contributed by atoms with Gasteiger partial charge in [0.25, 0.3) is 0 Å². The van der Waals surface area contributed by atoms with Gasteiger partial charge < -0.3 is 10.4 Å². The lowest BCUT2D eigenvalue weighted by Crippen LogP contribution is -2.42. The molecule has 1 aromatic carbocycles. The van der Waals surface area contributed by atoms with Gasteiger partial charge in [-0.15, -0.1) is 0 Å². The predicted molar refractivity (Wildman–Crippen MR) is 109 cm³/mol. The number of nitrogens with zero attached hydrogens (tertiary/aromatic N) is 3. The first kappa shape index (κ1) is 18.7. The summed E-state index contributed by atoms with van der Waals surface area (Å²) in [5.41, 5.74) is 2.92. The molecule has 1 aromatic heterocycles. The second kappa shape index (κ2) is 8.12. The number of benzene rings is 1. The molecular weight excluding hydrogens is 376 g/mol. The van der Waals surface area contributed by atoms with Crippen LogP contribution in [0, 0.1) is 5.92 Å². The average Bonchev–Trinajstić information content (AvgIpc) is 3.58. The molecule has 28 heavy (non-hydrogen) atoms. The van der Waals surface area contributed by atoms with Gasteiger partial charge >= 0.3 is 0 Å². The minimum atomic E-state index is -0.196. The largest absolute Gasteiger partial charge is 0.394 e. The van der Waals surface area contributed by atoms with Gasteiger partial charge in [-0.3, -0.25) is 14.8 Å². The first-order valence-corrected chi connectivity index (χ1v) is 9.66. The van der Waals surface area contributed by atoms with Crippen LogP contribution in [0.4, 0.5) is 5.69 Å². The zero-order chi connectivity index (χ0) is 19.5. The van der Waals surface area contributed by atoms with Crippen LogP contribution in [0.3, 0.4) is 0 Å². The molecule has 6 nitrogen and oxygen atoms in total. The fraction of sp³-hybridized carbons (Fsp3) is 0.286. The maximum atomic E-state index is 12.9. The van der Waals surface area contributed by atoms with Gasteiger partial charge in [-0.1, -0.05) is 23.7 Å². The minimum Gasteiger partial charge on any atom is -0.394 e. The molecular formula is C21H21ClN4O2. The SMILES string of the molecule is O=C(NC(CO)C1CC1)C1=CC(c2ccc(Cl)cc2)=NN(c2cccnc2)C1. The number of aliphatic hydroxyl groups excluding tert-OH is 1. The van der Waals surface area contributed by atoms with Gasteiger partial charge in [0.15, 0.2) is 0 Å². The molecule has 1 amide bonds. The highest BCUT2D eigenvalue weighted by Gasteiger charge is 2.33. The van der Waals surface area contributed by atoms with Crippen LogP contribution >= 0.6 is 11.6 Å². The summed E-state index contributed by atoms with van der Waals surface area (Å²) >= 11 is 6.00. The molecule has 1 aliphatic carbocycles. The van der Waals surface area contributed by atoms with Crippen LogP contribution < -0.4 is 10.3 Å². The number of aliphatic hydroxyl groups is 1. The highest BCUT2D eigenvalue weighted by molar-refractivity contribution is 6.30. The number of carbonyl (C=O) groups excluding carboxylic acids is 1. The molecule has 1 fully saturated rings. The van der Waals surface area contributed by atoms with Crippen LogP contribution in [0.25, 0.3) is 0 Å². The molecule has 144 valence electrons. The number of aromatic nitrogens is 1. The smallest absolute Gasteiger partial charge is 0.249 e. The molecule has 2 aliphatic rings. The van der Waals surface area contributed by atoms with Gasteiger partial charge in [-0.25, -0.2) is 0 Å². The van der Waals surface area contributed by atoms with Gasteiger partial charge in [-0.2, -0.15) is 5.10 Å². The Bertz CT molecular complexity index is 908. The Labute approximate surface area is 168 Å². The first-order chi connectivity index (χ1) is 13.6. The summed E-state index contributed by atoms with van der Waals surface area (Å²) in [6.07, 6.45) is 7.30. The van der Waals surface area contributed by atoms with E-state index in [1.165, 1.54) is 0 Å². The van der Waals surface area contributed by atoms with E-state index in [9.17, 15) is 9.90 Å². The van der Waals surface area contributed by atoms with Crippen LogP contribution in [0.1, 0.15) is 18.4 Å². The third kappa shape index (κ3) is 4.24. The Morgan fingerprint density at radius 3 is 2.71 bits per heavy atom. The number of pyridine rings is 1. The van der Waals surface area contributed by atoms with E-state index in [0.29, 0.717) is 28.8 Å². The molecule has 1 unspecified atom stereocenters. The molecule has 1 atom stereocenters. The Morgan fingerprint density at radius 2 is 2.07 bits per heavy atom. The molecule has 0 saturated heterocycles. The van der Waals surface area contributed by atoms with E-state index < -0.39 is 0 Å². The van der Waals surface area contributed by atoms with Crippen molar-refractivity contribution in [2.45, 2.75) is 18.9 Å². The van der Waals surface area contributed by atoms with Crippen molar-refractivity contribution in [3.05, 3.63) is 71.0 Å². The van der Waals surface area contributed by atoms with E-state index in [-0.39, 0.29) is 18.6 Å². The number of halogens is 1. The number of hydrazone groups is 1. The second-order valence-electron chi connectivity index (χ2n) is 7.03. The summed E-state index contributed by atoms with van der Waals surface area (Å²) < 4.78 is 0. The van der Waals surface area contributed by atoms with Crippen LogP contribution in [-0.4, -0.2) is 40.9 Å². The predicted octanol–water partition coefficient (Wildman–Crippen LogP) is 2.77. The number of carbonyl (C=O) groups is 1. The molecule has 7 heteroatoms. The van der Waals surface area contributed by atoms with Crippen molar-refractivity contribution in [3.8, 4) is 0 Å². The van der Waals surface area contributed by atoms with Gasteiger partial charge in [0.2, 0.25) is 5.91 Å². The van der Waals surface area contributed by atoms with Crippen LogP contribution in [0.15, 0.2) is 65.5 Å². The Balaban J connectivity index is 1.63. The fourth-order valence-corrected chi connectivity index (χ4v) is 3.32. The van der Waals surface area contributed by atoms with E-state index in [2.05, 4.69) is 10.3 Å². The quantitative estimate of drug-likeness (QED) is 0.787. The van der Waals surface area contributed by atoms with Crippen molar-refractivity contribution < 1.29 is 9.90 Å². The Hall–Kier alpha value is -2.70. The van der Waals surface area contributed by atoms with Gasteiger partial charge in [0.1, 0.15) is 0 Å². The average molecular weight is 397 g/mol. The van der Waals surface area contributed by atoms with Gasteiger partial charge in [0.05, 0.1) is 36.8 Å². The van der Waals surface area contributed by atoms with Crippen molar-refractivity contribution in [2.24, 2.45) is 11.0 Å². The van der Waals surface area contributed by atoms with E-state index in [0.717, 1.165) is 24.1 Å². The molecule has 0 spiro atoms. The van der Waals surface area contributed by atoms with E-state index >= 15 is 0 Å². The number of anilines is 1. The Morgan fingerprint density at radius 1 is 1.29 bits per heavy atom. The minimum absolute atomic E-state index is 0.0475. The summed E-state index contributed by atoms with van der Waals surface area (Å²) in [6, 6.07) is 10.9. The highest BCUT2D eigenvalue weighted by Crippen LogP contribution is 2.32. The van der Waals surface area contributed by atoms with Crippen molar-refractivity contribution in [1.82, 2.24) is 10.3 Å². The van der Waals surface area contributed by atoms with Crippen molar-refractivity contribution in [2.75, 3.05) is 18.2 Å². The number of allylic oxidation sites excluding steroid dienone is 1. The molecule has 2 heterocycles. The topological polar surface area (TPSA) is 77.8 Å². The van der Waals surface area contributed by atoms with Crippen LogP contribution in [0.2, 0.25) is 5.02 Å². The number of hydrogen-bond acceptors (Lipinski definition) is 5. The lowest BCUT2D eigenvalue weighted by molar-refractivity contribution is -0.118. The zero-order valence-corrected chi connectivity index (χ0v) is 16.0. The maximum Gasteiger partial charge on any atom is 0.249 e. The van der Waals surface area contributed by atoms with Crippen LogP contribution in [-0.2, 0) is 4.79 Å². The standard InChI is InChI=1S/C21H21ClN4O2/c22-17-7-5-14(6-8-17)19-10-16(21(28)24-20(13-27)15-3-4-15)12-26(25-19)18-2-1-9-23-11-18/h1-2,5-11,15,20,27H,3-4,12-13H2,(H,24,28). The number of amides is 1. The zero-order valence-electron chi connectivity index (χ0n) is 15.3. The molecule has 0 radical (unpaired) electrons. The highest BCUT2D eigenvalue weighted by atomic mass is 35.5. The third-order valence-electron chi connectivity index (χ3n) is 4.94. The fourth-order valence-electron chi connectivity index (χ4n) is 3.19. The van der Waals surface area contributed by atoms with Crippen molar-refractivity contribution >= 4 is 28.9 Å². The first-order valence-electron chi connectivity index (χ1n) is 9.28. The lowest BCUT2D eigenvalue weighted by Gasteiger charge is -2.26. The molecule has 1 aliphatic heterocycles. The monoisotopic (exact) mass is 396 g/mol. The number of hydrogen-bond donors (Lipinski definition) is 2. The van der Waals surface area contributed by atoms with E-state index in [4.69, 9.17) is 16.7 Å². The second-order valence-corrected chi connectivity index (χ2v) is 7.47. The summed E-state index contributed by atoms with van der Waals surface area (Å²) in [5.74, 6) is 0.193.